The lowest BCUT2D eigenvalue weighted by molar-refractivity contribution is 0.0711. The molecule has 0 bridgehead atoms. The Kier molecular flexibility index (Phi) is 3.48. The highest BCUT2D eigenvalue weighted by molar-refractivity contribution is 5.94. The number of pyridine rings is 1. The Morgan fingerprint density at radius 2 is 1.96 bits per heavy atom. The highest BCUT2D eigenvalue weighted by Gasteiger charge is 2.26. The van der Waals surface area contributed by atoms with Crippen molar-refractivity contribution in [1.29, 1.82) is 0 Å². The van der Waals surface area contributed by atoms with Crippen LogP contribution in [-0.2, 0) is 0 Å². The Balaban J connectivity index is 1.30. The van der Waals surface area contributed by atoms with E-state index in [0.717, 1.165) is 48.4 Å². The van der Waals surface area contributed by atoms with Gasteiger partial charge in [0.2, 0.25) is 0 Å². The van der Waals surface area contributed by atoms with E-state index < -0.39 is 0 Å². The molecule has 0 radical (unpaired) electrons. The van der Waals surface area contributed by atoms with Crippen LogP contribution in [0.15, 0.2) is 55.0 Å². The second kappa shape index (κ2) is 5.98. The zero-order valence-electron chi connectivity index (χ0n) is 14.3. The van der Waals surface area contributed by atoms with Gasteiger partial charge in [0, 0.05) is 37.6 Å². The molecule has 1 fully saturated rings. The van der Waals surface area contributed by atoms with Gasteiger partial charge in [-0.25, -0.2) is 9.97 Å². The minimum Gasteiger partial charge on any atom is -0.342 e. The van der Waals surface area contributed by atoms with E-state index in [-0.39, 0.29) is 5.91 Å². The molecule has 26 heavy (non-hydrogen) atoms. The van der Waals surface area contributed by atoms with E-state index in [0.29, 0.717) is 11.5 Å². The summed E-state index contributed by atoms with van der Waals surface area (Å²) >= 11 is 0. The first-order valence-corrected chi connectivity index (χ1v) is 8.94. The molecule has 1 saturated heterocycles. The van der Waals surface area contributed by atoms with Crippen molar-refractivity contribution in [1.82, 2.24) is 24.3 Å². The number of imidazole rings is 2. The van der Waals surface area contributed by atoms with Gasteiger partial charge in [0.1, 0.15) is 11.5 Å². The molecule has 5 rings (SSSR count). The Morgan fingerprint density at radius 1 is 1.12 bits per heavy atom. The number of H-pyrrole nitrogens is 1. The van der Waals surface area contributed by atoms with Gasteiger partial charge in [-0.1, -0.05) is 12.1 Å². The summed E-state index contributed by atoms with van der Waals surface area (Å²) in [6, 6.07) is 11.8. The lowest BCUT2D eigenvalue weighted by Crippen LogP contribution is -2.38. The fourth-order valence-corrected chi connectivity index (χ4v) is 3.75. The fraction of sp³-hybridized carbons (Fsp3) is 0.250. The van der Waals surface area contributed by atoms with E-state index in [2.05, 4.69) is 16.0 Å². The Bertz CT molecular complexity index is 1050. The number of carbonyl (C=O) groups is 1. The molecule has 0 atom stereocenters. The van der Waals surface area contributed by atoms with Crippen molar-refractivity contribution in [2.24, 2.45) is 0 Å². The number of carbonyl (C=O) groups excluding carboxylic acids is 1. The van der Waals surface area contributed by atoms with Crippen LogP contribution in [0.5, 0.6) is 0 Å². The van der Waals surface area contributed by atoms with E-state index in [1.807, 2.05) is 52.0 Å². The number of amides is 1. The summed E-state index contributed by atoms with van der Waals surface area (Å²) in [5.74, 6) is 1.50. The molecule has 0 aliphatic carbocycles. The topological polar surface area (TPSA) is 66.3 Å². The first-order valence-electron chi connectivity index (χ1n) is 8.94. The van der Waals surface area contributed by atoms with Crippen molar-refractivity contribution in [2.45, 2.75) is 18.8 Å². The average molecular weight is 345 g/mol. The molecular weight excluding hydrogens is 326 g/mol. The van der Waals surface area contributed by atoms with Gasteiger partial charge >= 0.3 is 0 Å². The van der Waals surface area contributed by atoms with Gasteiger partial charge in [-0.3, -0.25) is 4.79 Å². The molecule has 1 amide bonds. The first kappa shape index (κ1) is 15.1. The molecule has 6 heteroatoms. The number of aromatic amines is 1. The molecule has 0 saturated carbocycles. The molecule has 1 N–H and O–H groups in total. The van der Waals surface area contributed by atoms with Gasteiger partial charge in [-0.15, -0.1) is 0 Å². The summed E-state index contributed by atoms with van der Waals surface area (Å²) < 4.78 is 1.88. The van der Waals surface area contributed by atoms with Crippen molar-refractivity contribution < 1.29 is 4.79 Å². The van der Waals surface area contributed by atoms with Crippen molar-refractivity contribution in [3.05, 3.63) is 66.4 Å². The van der Waals surface area contributed by atoms with Gasteiger partial charge in [-0.05, 0) is 37.1 Å². The number of aromatic nitrogens is 4. The van der Waals surface area contributed by atoms with Gasteiger partial charge in [0.25, 0.3) is 5.91 Å². The molecule has 3 aromatic heterocycles. The van der Waals surface area contributed by atoms with E-state index >= 15 is 0 Å². The van der Waals surface area contributed by atoms with Crippen molar-refractivity contribution in [2.75, 3.05) is 13.1 Å². The zero-order chi connectivity index (χ0) is 17.5. The Hall–Kier alpha value is -3.15. The molecule has 130 valence electrons. The maximum absolute atomic E-state index is 12.8. The highest BCUT2D eigenvalue weighted by Crippen LogP contribution is 2.28. The normalized spacial score (nSPS) is 15.8. The molecule has 6 nitrogen and oxygen atoms in total. The number of hydrogen-bond acceptors (Lipinski definition) is 3. The summed E-state index contributed by atoms with van der Waals surface area (Å²) in [5.41, 5.74) is 3.65. The SMILES string of the molecule is O=C(c1ccc2nccn2c1)N1CCC(c2nc3ccccc3[nH]2)CC1. The first-order chi connectivity index (χ1) is 12.8. The van der Waals surface area contributed by atoms with E-state index in [9.17, 15) is 4.79 Å². The second-order valence-electron chi connectivity index (χ2n) is 6.82. The molecule has 1 aliphatic heterocycles. The third kappa shape index (κ3) is 2.54. The molecule has 4 aromatic rings. The van der Waals surface area contributed by atoms with Crippen LogP contribution < -0.4 is 0 Å². The third-order valence-corrected chi connectivity index (χ3v) is 5.21. The van der Waals surface area contributed by atoms with Crippen molar-refractivity contribution in [3.8, 4) is 0 Å². The number of likely N-dealkylation sites (tertiary alicyclic amines) is 1. The predicted octanol–water partition coefficient (Wildman–Crippen LogP) is 3.23. The summed E-state index contributed by atoms with van der Waals surface area (Å²) in [6.07, 6.45) is 7.32. The number of hydrogen-bond donors (Lipinski definition) is 1. The van der Waals surface area contributed by atoms with Crippen LogP contribution in [0.2, 0.25) is 0 Å². The zero-order valence-corrected chi connectivity index (χ0v) is 14.3. The Morgan fingerprint density at radius 3 is 2.81 bits per heavy atom. The Labute approximate surface area is 150 Å². The number of rotatable bonds is 2. The van der Waals surface area contributed by atoms with Crippen molar-refractivity contribution >= 4 is 22.6 Å². The molecular formula is C20H19N5O. The minimum atomic E-state index is 0.0867. The second-order valence-corrected chi connectivity index (χ2v) is 6.82. The maximum Gasteiger partial charge on any atom is 0.255 e. The predicted molar refractivity (Wildman–Crippen MR) is 99.2 cm³/mol. The van der Waals surface area contributed by atoms with E-state index in [1.165, 1.54) is 0 Å². The quantitative estimate of drug-likeness (QED) is 0.606. The molecule has 4 heterocycles. The van der Waals surface area contributed by atoms with E-state index in [4.69, 9.17) is 4.98 Å². The monoisotopic (exact) mass is 345 g/mol. The van der Waals surface area contributed by atoms with Gasteiger partial charge < -0.3 is 14.3 Å². The summed E-state index contributed by atoms with van der Waals surface area (Å²) in [5, 5.41) is 0. The van der Waals surface area contributed by atoms with Crippen LogP contribution in [0.25, 0.3) is 16.7 Å². The standard InChI is InChI=1S/C20H19N5O/c26-20(15-5-6-18-21-9-12-25(18)13-15)24-10-7-14(8-11-24)19-22-16-3-1-2-4-17(16)23-19/h1-6,9,12-14H,7-8,10-11H2,(H,22,23). The number of nitrogens with zero attached hydrogens (tertiary/aromatic N) is 4. The molecule has 1 aliphatic rings. The number of piperidine rings is 1. The van der Waals surface area contributed by atoms with Crippen LogP contribution in [0, 0.1) is 0 Å². The molecule has 0 spiro atoms. The third-order valence-electron chi connectivity index (χ3n) is 5.21. The van der Waals surface area contributed by atoms with Crippen LogP contribution >= 0.6 is 0 Å². The molecule has 0 unspecified atom stereocenters. The highest BCUT2D eigenvalue weighted by atomic mass is 16.2. The van der Waals surface area contributed by atoms with E-state index in [1.54, 1.807) is 6.20 Å². The summed E-state index contributed by atoms with van der Waals surface area (Å²) in [4.78, 5) is 27.1. The minimum absolute atomic E-state index is 0.0867. The summed E-state index contributed by atoms with van der Waals surface area (Å²) in [7, 11) is 0. The molecule has 1 aromatic carbocycles. The number of fused-ring (bicyclic) bond motifs is 2. The smallest absolute Gasteiger partial charge is 0.255 e. The average Bonchev–Trinajstić information content (AvgIpc) is 3.33. The number of benzene rings is 1. The number of para-hydroxylation sites is 2. The largest absolute Gasteiger partial charge is 0.342 e. The van der Waals surface area contributed by atoms with Gasteiger partial charge in [0.05, 0.1) is 16.6 Å². The van der Waals surface area contributed by atoms with Crippen LogP contribution in [0.4, 0.5) is 0 Å². The van der Waals surface area contributed by atoms with Crippen LogP contribution in [-0.4, -0.2) is 43.2 Å². The summed E-state index contributed by atoms with van der Waals surface area (Å²) in [6.45, 7) is 1.50. The van der Waals surface area contributed by atoms with Gasteiger partial charge in [-0.2, -0.15) is 0 Å². The van der Waals surface area contributed by atoms with Crippen LogP contribution in [0.3, 0.4) is 0 Å². The fourth-order valence-electron chi connectivity index (χ4n) is 3.75. The van der Waals surface area contributed by atoms with Crippen molar-refractivity contribution in [3.63, 3.8) is 0 Å². The van der Waals surface area contributed by atoms with Gasteiger partial charge in [0.15, 0.2) is 0 Å². The lowest BCUT2D eigenvalue weighted by Gasteiger charge is -2.31. The maximum atomic E-state index is 12.8. The lowest BCUT2D eigenvalue weighted by atomic mass is 9.96. The van der Waals surface area contributed by atoms with Crippen LogP contribution in [0.1, 0.15) is 34.9 Å². The number of nitrogens with one attached hydrogen (secondary N) is 1.